The van der Waals surface area contributed by atoms with Crippen molar-refractivity contribution in [3.8, 4) is 0 Å². The molecule has 0 aliphatic heterocycles. The maximum atomic E-state index is 11.9. The van der Waals surface area contributed by atoms with Crippen LogP contribution in [-0.2, 0) is 23.8 Å². The number of hydrogen-bond acceptors (Lipinski definition) is 5. The van der Waals surface area contributed by atoms with Gasteiger partial charge in [-0.2, -0.15) is 21.6 Å². The zero-order valence-electron chi connectivity index (χ0n) is 9.62. The van der Waals surface area contributed by atoms with Crippen molar-refractivity contribution in [2.75, 3.05) is 7.11 Å². The molecule has 0 unspecified atom stereocenters. The van der Waals surface area contributed by atoms with Gasteiger partial charge < -0.3 is 8.92 Å². The van der Waals surface area contributed by atoms with Crippen LogP contribution in [0.1, 0.15) is 25.7 Å². The third-order valence-electron chi connectivity index (χ3n) is 1.83. The van der Waals surface area contributed by atoms with Gasteiger partial charge in [-0.3, -0.25) is 4.79 Å². The van der Waals surface area contributed by atoms with E-state index in [9.17, 15) is 26.4 Å². The molecule has 0 aromatic rings. The molecular weight excluding hydrogens is 277 g/mol. The van der Waals surface area contributed by atoms with Crippen LogP contribution in [0.15, 0.2) is 12.3 Å². The fourth-order valence-electron chi connectivity index (χ4n) is 0.938. The molecule has 0 saturated heterocycles. The van der Waals surface area contributed by atoms with E-state index >= 15 is 0 Å². The van der Waals surface area contributed by atoms with Crippen molar-refractivity contribution in [1.29, 1.82) is 0 Å². The number of methoxy groups -OCH3 is 1. The number of esters is 1. The third kappa shape index (κ3) is 5.89. The van der Waals surface area contributed by atoms with Crippen molar-refractivity contribution in [2.45, 2.75) is 31.2 Å². The topological polar surface area (TPSA) is 69.7 Å². The summed E-state index contributed by atoms with van der Waals surface area (Å²) in [5.74, 6) is -0.971. The molecule has 0 saturated carbocycles. The first-order valence-electron chi connectivity index (χ1n) is 4.85. The number of rotatable bonds is 7. The van der Waals surface area contributed by atoms with Gasteiger partial charge in [0, 0.05) is 12.8 Å². The fraction of sp³-hybridized carbons (Fsp3) is 0.667. The monoisotopic (exact) mass is 290 g/mol. The lowest BCUT2D eigenvalue weighted by Gasteiger charge is -2.11. The Bertz CT molecular complexity index is 399. The molecule has 0 fully saturated rings. The molecule has 0 aliphatic rings. The van der Waals surface area contributed by atoms with Crippen LogP contribution in [0.25, 0.3) is 0 Å². The molecule has 0 aromatic carbocycles. The van der Waals surface area contributed by atoms with Crippen molar-refractivity contribution < 1.29 is 35.3 Å². The second-order valence-corrected chi connectivity index (χ2v) is 4.84. The Labute approximate surface area is 103 Å². The second-order valence-electron chi connectivity index (χ2n) is 3.31. The standard InChI is InChI=1S/C9H13F3O5S/c1-7(5-3-4-6-8(13)16-2)17-18(14,15)9(10,11)12/h1,3-6H2,2H3. The van der Waals surface area contributed by atoms with Gasteiger partial charge in [0.15, 0.2) is 0 Å². The van der Waals surface area contributed by atoms with Crippen LogP contribution in [-0.4, -0.2) is 27.0 Å². The Morgan fingerprint density at radius 1 is 1.22 bits per heavy atom. The summed E-state index contributed by atoms with van der Waals surface area (Å²) in [5, 5.41) is 0. The van der Waals surface area contributed by atoms with E-state index in [2.05, 4.69) is 15.5 Å². The normalized spacial score (nSPS) is 12.0. The number of unbranched alkanes of at least 4 members (excludes halogenated alkanes) is 1. The average molecular weight is 290 g/mol. The van der Waals surface area contributed by atoms with E-state index in [-0.39, 0.29) is 19.3 Å². The van der Waals surface area contributed by atoms with Gasteiger partial charge in [0.1, 0.15) is 5.76 Å². The molecule has 0 N–H and O–H groups in total. The van der Waals surface area contributed by atoms with Gasteiger partial charge in [-0.15, -0.1) is 0 Å². The zero-order chi connectivity index (χ0) is 14.4. The van der Waals surface area contributed by atoms with Gasteiger partial charge in [-0.05, 0) is 12.8 Å². The number of alkyl halides is 3. The molecule has 0 rings (SSSR count). The number of hydrogen-bond donors (Lipinski definition) is 0. The highest BCUT2D eigenvalue weighted by atomic mass is 32.2. The van der Waals surface area contributed by atoms with Crippen molar-refractivity contribution in [2.24, 2.45) is 0 Å². The molecule has 0 bridgehead atoms. The zero-order valence-corrected chi connectivity index (χ0v) is 10.4. The van der Waals surface area contributed by atoms with Crippen molar-refractivity contribution in [3.05, 3.63) is 12.3 Å². The largest absolute Gasteiger partial charge is 0.534 e. The molecular formula is C9H13F3O5S. The minimum absolute atomic E-state index is 0.0910. The summed E-state index contributed by atoms with van der Waals surface area (Å²) in [6.07, 6.45) is 0.602. The van der Waals surface area contributed by atoms with Crippen LogP contribution in [0.5, 0.6) is 0 Å². The highest BCUT2D eigenvalue weighted by Gasteiger charge is 2.48. The molecule has 0 amide bonds. The maximum Gasteiger partial charge on any atom is 0.534 e. The van der Waals surface area contributed by atoms with Crippen LogP contribution >= 0.6 is 0 Å². The van der Waals surface area contributed by atoms with E-state index in [4.69, 9.17) is 0 Å². The molecule has 0 atom stereocenters. The average Bonchev–Trinajstić information content (AvgIpc) is 2.21. The summed E-state index contributed by atoms with van der Waals surface area (Å²) in [6.45, 7) is 3.07. The Morgan fingerprint density at radius 2 is 1.72 bits per heavy atom. The van der Waals surface area contributed by atoms with Crippen LogP contribution in [0, 0.1) is 0 Å². The van der Waals surface area contributed by atoms with E-state index in [1.54, 1.807) is 0 Å². The van der Waals surface area contributed by atoms with Gasteiger partial charge in [0.05, 0.1) is 7.11 Å². The second kappa shape index (κ2) is 6.62. The first-order valence-corrected chi connectivity index (χ1v) is 6.26. The predicted molar refractivity (Wildman–Crippen MR) is 55.7 cm³/mol. The first kappa shape index (κ1) is 16.8. The highest BCUT2D eigenvalue weighted by molar-refractivity contribution is 7.87. The third-order valence-corrected chi connectivity index (χ3v) is 2.85. The summed E-state index contributed by atoms with van der Waals surface area (Å²) >= 11 is 0. The summed E-state index contributed by atoms with van der Waals surface area (Å²) in [6, 6.07) is 0. The molecule has 5 nitrogen and oxygen atoms in total. The van der Waals surface area contributed by atoms with E-state index in [1.807, 2.05) is 0 Å². The van der Waals surface area contributed by atoms with Crippen molar-refractivity contribution in [1.82, 2.24) is 0 Å². The van der Waals surface area contributed by atoms with Crippen LogP contribution in [0.3, 0.4) is 0 Å². The Hall–Kier alpha value is -1.25. The highest BCUT2D eigenvalue weighted by Crippen LogP contribution is 2.27. The number of halogens is 3. The van der Waals surface area contributed by atoms with Crippen molar-refractivity contribution >= 4 is 16.1 Å². The lowest BCUT2D eigenvalue weighted by atomic mass is 10.2. The van der Waals surface area contributed by atoms with Crippen molar-refractivity contribution in [3.63, 3.8) is 0 Å². The first-order chi connectivity index (χ1) is 8.10. The molecule has 0 radical (unpaired) electrons. The van der Waals surface area contributed by atoms with Crippen LogP contribution in [0.4, 0.5) is 13.2 Å². The minimum atomic E-state index is -5.65. The van der Waals surface area contributed by atoms with E-state index < -0.39 is 27.4 Å². The van der Waals surface area contributed by atoms with Crippen LogP contribution < -0.4 is 0 Å². The molecule has 18 heavy (non-hydrogen) atoms. The number of carbonyl (C=O) groups is 1. The Kier molecular flexibility index (Phi) is 6.16. The van der Waals surface area contributed by atoms with Gasteiger partial charge in [-0.1, -0.05) is 6.58 Å². The summed E-state index contributed by atoms with van der Waals surface area (Å²) < 4.78 is 65.0. The smallest absolute Gasteiger partial charge is 0.469 e. The van der Waals surface area contributed by atoms with E-state index in [1.165, 1.54) is 7.11 Å². The number of ether oxygens (including phenoxy) is 1. The van der Waals surface area contributed by atoms with Gasteiger partial charge in [-0.25, -0.2) is 0 Å². The van der Waals surface area contributed by atoms with Gasteiger partial charge >= 0.3 is 21.6 Å². The minimum Gasteiger partial charge on any atom is -0.469 e. The maximum absolute atomic E-state index is 11.9. The lowest BCUT2D eigenvalue weighted by molar-refractivity contribution is -0.140. The molecule has 0 aliphatic carbocycles. The van der Waals surface area contributed by atoms with Gasteiger partial charge in [0.25, 0.3) is 0 Å². The SMILES string of the molecule is C=C(CCCCC(=O)OC)OS(=O)(=O)C(F)(F)F. The predicted octanol–water partition coefficient (Wildman–Crippen LogP) is 2.10. The Balaban J connectivity index is 4.04. The fourth-order valence-corrected chi connectivity index (χ4v) is 1.43. The lowest BCUT2D eigenvalue weighted by Crippen LogP contribution is -2.25. The molecule has 0 aromatic heterocycles. The summed E-state index contributed by atoms with van der Waals surface area (Å²) in [5.41, 5.74) is -5.47. The number of carbonyl (C=O) groups excluding carboxylic acids is 1. The summed E-state index contributed by atoms with van der Waals surface area (Å²) in [4.78, 5) is 10.7. The van der Waals surface area contributed by atoms with E-state index in [0.717, 1.165) is 0 Å². The number of allylic oxidation sites excluding steroid dienone is 1. The van der Waals surface area contributed by atoms with E-state index in [0.29, 0.717) is 6.42 Å². The molecule has 9 heteroatoms. The van der Waals surface area contributed by atoms with Crippen LogP contribution in [0.2, 0.25) is 0 Å². The summed E-state index contributed by atoms with van der Waals surface area (Å²) in [7, 11) is -4.44. The Morgan fingerprint density at radius 3 is 2.17 bits per heavy atom. The molecule has 106 valence electrons. The van der Waals surface area contributed by atoms with Gasteiger partial charge in [0.2, 0.25) is 0 Å². The quantitative estimate of drug-likeness (QED) is 0.236. The molecule has 0 heterocycles. The molecule has 0 spiro atoms.